The zero-order valence-corrected chi connectivity index (χ0v) is 9.76. The SMILES string of the molecule is NC1(C(=O)c2ccc(F)c(C(F)(F)F)c2)CCOC1. The molecule has 3 nitrogen and oxygen atoms in total. The van der Waals surface area contributed by atoms with Gasteiger partial charge in [-0.25, -0.2) is 4.39 Å². The van der Waals surface area contributed by atoms with Gasteiger partial charge >= 0.3 is 6.18 Å². The molecule has 0 aliphatic carbocycles. The first kappa shape index (κ1) is 14.0. The van der Waals surface area contributed by atoms with Crippen molar-refractivity contribution in [1.82, 2.24) is 0 Å². The first-order valence-electron chi connectivity index (χ1n) is 5.52. The Morgan fingerprint density at radius 2 is 2.05 bits per heavy atom. The molecule has 1 atom stereocenters. The van der Waals surface area contributed by atoms with Gasteiger partial charge in [-0.2, -0.15) is 13.2 Å². The molecule has 0 saturated carbocycles. The number of alkyl halides is 3. The van der Waals surface area contributed by atoms with E-state index in [-0.39, 0.29) is 25.2 Å². The lowest BCUT2D eigenvalue weighted by atomic mass is 9.89. The van der Waals surface area contributed by atoms with Gasteiger partial charge < -0.3 is 10.5 Å². The summed E-state index contributed by atoms with van der Waals surface area (Å²) in [5, 5.41) is 0. The highest BCUT2D eigenvalue weighted by Crippen LogP contribution is 2.33. The van der Waals surface area contributed by atoms with Crippen molar-refractivity contribution in [2.24, 2.45) is 5.73 Å². The molecule has 1 heterocycles. The number of carbonyl (C=O) groups is 1. The van der Waals surface area contributed by atoms with Crippen LogP contribution in [0.3, 0.4) is 0 Å². The summed E-state index contributed by atoms with van der Waals surface area (Å²) in [7, 11) is 0. The quantitative estimate of drug-likeness (QED) is 0.665. The van der Waals surface area contributed by atoms with E-state index in [4.69, 9.17) is 10.5 Å². The second-order valence-electron chi connectivity index (χ2n) is 4.48. The summed E-state index contributed by atoms with van der Waals surface area (Å²) in [5.74, 6) is -2.09. The molecule has 7 heteroatoms. The highest BCUT2D eigenvalue weighted by molar-refractivity contribution is 6.03. The monoisotopic (exact) mass is 277 g/mol. The van der Waals surface area contributed by atoms with Gasteiger partial charge in [0.25, 0.3) is 0 Å². The van der Waals surface area contributed by atoms with Crippen LogP contribution in [-0.2, 0) is 10.9 Å². The van der Waals surface area contributed by atoms with Crippen molar-refractivity contribution in [3.8, 4) is 0 Å². The minimum absolute atomic E-state index is 0.0510. The van der Waals surface area contributed by atoms with Crippen molar-refractivity contribution >= 4 is 5.78 Å². The maximum Gasteiger partial charge on any atom is 0.419 e. The number of benzene rings is 1. The first-order chi connectivity index (χ1) is 8.74. The first-order valence-corrected chi connectivity index (χ1v) is 5.52. The lowest BCUT2D eigenvalue weighted by Gasteiger charge is -2.20. The number of ether oxygens (including phenoxy) is 1. The van der Waals surface area contributed by atoms with Crippen LogP contribution in [0.2, 0.25) is 0 Å². The van der Waals surface area contributed by atoms with Gasteiger partial charge in [-0.1, -0.05) is 0 Å². The second kappa shape index (κ2) is 4.57. The minimum Gasteiger partial charge on any atom is -0.379 e. The van der Waals surface area contributed by atoms with Crippen LogP contribution in [0.1, 0.15) is 22.3 Å². The van der Waals surface area contributed by atoms with Crippen LogP contribution in [0.25, 0.3) is 0 Å². The predicted molar refractivity (Wildman–Crippen MR) is 58.1 cm³/mol. The van der Waals surface area contributed by atoms with E-state index in [1.807, 2.05) is 0 Å². The molecule has 2 rings (SSSR count). The molecule has 1 unspecified atom stereocenters. The lowest BCUT2D eigenvalue weighted by molar-refractivity contribution is -0.140. The zero-order valence-electron chi connectivity index (χ0n) is 9.76. The Labute approximate surface area is 106 Å². The number of ketones is 1. The van der Waals surface area contributed by atoms with Crippen LogP contribution in [0.5, 0.6) is 0 Å². The average Bonchev–Trinajstić information content (AvgIpc) is 2.76. The summed E-state index contributed by atoms with van der Waals surface area (Å²) in [4.78, 5) is 12.1. The van der Waals surface area contributed by atoms with E-state index in [0.29, 0.717) is 12.1 Å². The van der Waals surface area contributed by atoms with Crippen molar-refractivity contribution in [3.63, 3.8) is 0 Å². The van der Waals surface area contributed by atoms with Gasteiger partial charge in [-0.15, -0.1) is 0 Å². The third kappa shape index (κ3) is 2.62. The largest absolute Gasteiger partial charge is 0.419 e. The van der Waals surface area contributed by atoms with Gasteiger partial charge in [0.2, 0.25) is 0 Å². The molecule has 1 aliphatic heterocycles. The Morgan fingerprint density at radius 3 is 2.58 bits per heavy atom. The molecule has 1 fully saturated rings. The predicted octanol–water partition coefficient (Wildman–Crippen LogP) is 2.15. The van der Waals surface area contributed by atoms with Crippen LogP contribution in [-0.4, -0.2) is 24.5 Å². The van der Waals surface area contributed by atoms with Crippen molar-refractivity contribution < 1.29 is 27.1 Å². The fourth-order valence-electron chi connectivity index (χ4n) is 1.93. The number of hydrogen-bond acceptors (Lipinski definition) is 3. The summed E-state index contributed by atoms with van der Waals surface area (Å²) in [5.41, 5.74) is 2.72. The van der Waals surface area contributed by atoms with Gasteiger partial charge in [0.1, 0.15) is 11.4 Å². The highest BCUT2D eigenvalue weighted by Gasteiger charge is 2.40. The van der Waals surface area contributed by atoms with Gasteiger partial charge in [0, 0.05) is 12.2 Å². The third-order valence-corrected chi connectivity index (χ3v) is 3.04. The smallest absolute Gasteiger partial charge is 0.379 e. The summed E-state index contributed by atoms with van der Waals surface area (Å²) in [6.45, 7) is 0.222. The van der Waals surface area contributed by atoms with E-state index in [1.165, 1.54) is 0 Å². The number of rotatable bonds is 2. The van der Waals surface area contributed by atoms with E-state index in [0.717, 1.165) is 6.07 Å². The molecule has 2 N–H and O–H groups in total. The number of halogens is 4. The number of carbonyl (C=O) groups excluding carboxylic acids is 1. The van der Waals surface area contributed by atoms with Crippen LogP contribution >= 0.6 is 0 Å². The Hall–Kier alpha value is -1.47. The third-order valence-electron chi connectivity index (χ3n) is 3.04. The van der Waals surface area contributed by atoms with Gasteiger partial charge in [0.05, 0.1) is 12.2 Å². The minimum atomic E-state index is -4.85. The molecule has 1 aliphatic rings. The van der Waals surface area contributed by atoms with Crippen molar-refractivity contribution in [2.45, 2.75) is 18.1 Å². The molecule has 0 aromatic heterocycles. The molecule has 0 spiro atoms. The summed E-state index contributed by atoms with van der Waals surface area (Å²) in [6.07, 6.45) is -4.63. The van der Waals surface area contributed by atoms with E-state index >= 15 is 0 Å². The molecule has 1 aromatic rings. The molecule has 19 heavy (non-hydrogen) atoms. The molecule has 0 radical (unpaired) electrons. The Bertz CT molecular complexity index is 507. The Balaban J connectivity index is 2.39. The van der Waals surface area contributed by atoms with Crippen molar-refractivity contribution in [2.75, 3.05) is 13.2 Å². The normalized spacial score (nSPS) is 23.6. The van der Waals surface area contributed by atoms with Crippen LogP contribution < -0.4 is 5.73 Å². The maximum absolute atomic E-state index is 13.1. The number of Topliss-reactive ketones (excluding diaryl/α,β-unsaturated/α-hetero) is 1. The lowest BCUT2D eigenvalue weighted by Crippen LogP contribution is -2.48. The molecule has 1 saturated heterocycles. The van der Waals surface area contributed by atoms with Crippen LogP contribution in [0.4, 0.5) is 17.6 Å². The number of nitrogens with two attached hydrogens (primary N) is 1. The maximum atomic E-state index is 13.1. The Kier molecular flexibility index (Phi) is 3.36. The Morgan fingerprint density at radius 1 is 1.37 bits per heavy atom. The zero-order chi connectivity index (χ0) is 14.3. The average molecular weight is 277 g/mol. The second-order valence-corrected chi connectivity index (χ2v) is 4.48. The van der Waals surface area contributed by atoms with Crippen molar-refractivity contribution in [1.29, 1.82) is 0 Å². The van der Waals surface area contributed by atoms with E-state index in [9.17, 15) is 22.4 Å². The number of hydrogen-bond donors (Lipinski definition) is 1. The van der Waals surface area contributed by atoms with Gasteiger partial charge in [0.15, 0.2) is 5.78 Å². The standard InChI is InChI=1S/C12H11F4NO2/c13-9-2-1-7(5-8(9)12(14,15)16)10(18)11(17)3-4-19-6-11/h1-2,5H,3-4,6,17H2. The topological polar surface area (TPSA) is 52.3 Å². The van der Waals surface area contributed by atoms with Crippen molar-refractivity contribution in [3.05, 3.63) is 35.1 Å². The summed E-state index contributed by atoms with van der Waals surface area (Å²) >= 11 is 0. The molecular weight excluding hydrogens is 266 g/mol. The van der Waals surface area contributed by atoms with Gasteiger partial charge in [-0.05, 0) is 24.6 Å². The fourth-order valence-corrected chi connectivity index (χ4v) is 1.93. The van der Waals surface area contributed by atoms with Gasteiger partial charge in [-0.3, -0.25) is 4.79 Å². The van der Waals surface area contributed by atoms with E-state index < -0.39 is 28.9 Å². The highest BCUT2D eigenvalue weighted by atomic mass is 19.4. The fraction of sp³-hybridized carbons (Fsp3) is 0.417. The summed E-state index contributed by atoms with van der Waals surface area (Å²) < 4.78 is 55.8. The molecule has 1 aromatic carbocycles. The molecule has 104 valence electrons. The van der Waals surface area contributed by atoms with E-state index in [1.54, 1.807) is 0 Å². The van der Waals surface area contributed by atoms with Crippen LogP contribution in [0, 0.1) is 5.82 Å². The van der Waals surface area contributed by atoms with Crippen LogP contribution in [0.15, 0.2) is 18.2 Å². The van der Waals surface area contributed by atoms with E-state index in [2.05, 4.69) is 0 Å². The summed E-state index contributed by atoms with van der Waals surface area (Å²) in [6, 6.07) is 2.11. The molecule has 0 amide bonds. The molecular formula is C12H11F4NO2. The molecule has 0 bridgehead atoms.